The molecule has 5 atom stereocenters. The van der Waals surface area contributed by atoms with E-state index >= 15 is 0 Å². The number of likely N-dealkylation sites (tertiary alicyclic amines) is 1. The van der Waals surface area contributed by atoms with E-state index in [9.17, 15) is 19.2 Å². The first kappa shape index (κ1) is 40.1. The number of hydrogen-bond donors (Lipinski definition) is 2. The fourth-order valence-corrected chi connectivity index (χ4v) is 8.33. The minimum atomic E-state index is -1.25. The molecule has 1 spiro atoms. The molecular weight excluding hydrogens is 700 g/mol. The normalized spacial score (nSPS) is 24.9. The molecule has 0 radical (unpaired) electrons. The maximum atomic E-state index is 14.8. The van der Waals surface area contributed by atoms with Gasteiger partial charge in [-0.05, 0) is 97.3 Å². The molecule has 12 heteroatoms. The predicted octanol–water partition coefficient (Wildman–Crippen LogP) is 6.83. The fourth-order valence-electron chi connectivity index (χ4n) is 8.33. The van der Waals surface area contributed by atoms with E-state index in [0.717, 1.165) is 72.2 Å². The summed E-state index contributed by atoms with van der Waals surface area (Å²) in [5.74, 6) is 0.0157. The first-order valence-corrected chi connectivity index (χ1v) is 20.0. The van der Waals surface area contributed by atoms with Gasteiger partial charge in [0.15, 0.2) is 0 Å². The number of alkyl carbamates (subject to hydrolysis) is 1. The van der Waals surface area contributed by atoms with Crippen molar-refractivity contribution in [2.45, 2.75) is 139 Å². The number of nitrogens with zero attached hydrogens (tertiary/aromatic N) is 2. The molecule has 0 bridgehead atoms. The maximum Gasteiger partial charge on any atom is 0.408 e. The molecular formula is C43H58N4O8. The highest BCUT2D eigenvalue weighted by molar-refractivity contribution is 5.97. The van der Waals surface area contributed by atoms with Gasteiger partial charge in [-0.25, -0.2) is 14.6 Å². The summed E-state index contributed by atoms with van der Waals surface area (Å²) in [6, 6.07) is 3.96. The topological polar surface area (TPSA) is 145 Å². The third-order valence-electron chi connectivity index (χ3n) is 11.6. The van der Waals surface area contributed by atoms with Crippen LogP contribution in [0.15, 0.2) is 43.5 Å². The number of unbranched alkanes of at least 4 members (excludes halogenated alkanes) is 3. The summed E-state index contributed by atoms with van der Waals surface area (Å²) in [4.78, 5) is 62.5. The number of fused-ring (bicyclic) bond motifs is 3. The number of amides is 3. The number of carbonyl (C=O) groups excluding carboxylic acids is 4. The summed E-state index contributed by atoms with van der Waals surface area (Å²) in [5.41, 5.74) is -0.0937. The van der Waals surface area contributed by atoms with Crippen molar-refractivity contribution in [1.29, 1.82) is 0 Å². The quantitative estimate of drug-likeness (QED) is 0.113. The number of pyridine rings is 1. The van der Waals surface area contributed by atoms with E-state index in [2.05, 4.69) is 23.8 Å². The van der Waals surface area contributed by atoms with Gasteiger partial charge >= 0.3 is 12.1 Å². The Labute approximate surface area is 324 Å². The number of carbonyl (C=O) groups is 4. The second-order valence-electron chi connectivity index (χ2n) is 16.6. The highest BCUT2D eigenvalue weighted by atomic mass is 16.6. The van der Waals surface area contributed by atoms with Crippen LogP contribution in [-0.4, -0.2) is 82.8 Å². The van der Waals surface area contributed by atoms with Crippen LogP contribution in [0.1, 0.15) is 115 Å². The third-order valence-corrected chi connectivity index (χ3v) is 11.6. The summed E-state index contributed by atoms with van der Waals surface area (Å²) in [5, 5.41) is 6.80. The average Bonchev–Trinajstić information content (AvgIpc) is 3.72. The van der Waals surface area contributed by atoms with Gasteiger partial charge in [0.1, 0.15) is 40.3 Å². The van der Waals surface area contributed by atoms with Crippen LogP contribution in [0.5, 0.6) is 11.5 Å². The van der Waals surface area contributed by atoms with Crippen molar-refractivity contribution in [2.75, 3.05) is 20.3 Å². The number of nitrogens with one attached hydrogen (secondary N) is 2. The van der Waals surface area contributed by atoms with Gasteiger partial charge in [0.05, 0.1) is 31.5 Å². The number of rotatable bonds is 15. The Bertz CT molecular complexity index is 1820. The van der Waals surface area contributed by atoms with Crippen molar-refractivity contribution in [3.05, 3.63) is 54.8 Å². The van der Waals surface area contributed by atoms with Crippen molar-refractivity contribution in [2.24, 2.45) is 5.92 Å². The van der Waals surface area contributed by atoms with E-state index < -0.39 is 52.7 Å². The molecule has 12 nitrogen and oxygen atoms in total. The molecule has 2 aromatic rings. The zero-order valence-corrected chi connectivity index (χ0v) is 33.2. The lowest BCUT2D eigenvalue weighted by Crippen LogP contribution is -2.57. The molecule has 1 saturated heterocycles. The van der Waals surface area contributed by atoms with Crippen molar-refractivity contribution in [3.8, 4) is 11.5 Å². The third kappa shape index (κ3) is 8.48. The van der Waals surface area contributed by atoms with Gasteiger partial charge in [-0.1, -0.05) is 31.4 Å². The van der Waals surface area contributed by atoms with Crippen LogP contribution in [0.25, 0.3) is 10.9 Å². The smallest absolute Gasteiger partial charge is 0.408 e. The summed E-state index contributed by atoms with van der Waals surface area (Å²) in [7, 11) is 1.64. The van der Waals surface area contributed by atoms with Crippen LogP contribution in [-0.2, 0) is 30.3 Å². The molecule has 2 aliphatic heterocycles. The largest absolute Gasteiger partial charge is 0.497 e. The summed E-state index contributed by atoms with van der Waals surface area (Å²) >= 11 is 0. The van der Waals surface area contributed by atoms with Crippen LogP contribution in [0.4, 0.5) is 4.79 Å². The van der Waals surface area contributed by atoms with Gasteiger partial charge in [-0.3, -0.25) is 9.59 Å². The minimum Gasteiger partial charge on any atom is -0.497 e. The average molecular weight is 759 g/mol. The first-order valence-electron chi connectivity index (χ1n) is 20.0. The van der Waals surface area contributed by atoms with E-state index in [1.807, 2.05) is 24.3 Å². The van der Waals surface area contributed by atoms with E-state index in [1.165, 1.54) is 0 Å². The number of aryl methyl sites for hydroxylation is 1. The number of allylic oxidation sites excluding steroid dienone is 1. The Balaban J connectivity index is 1.36. The van der Waals surface area contributed by atoms with E-state index in [4.69, 9.17) is 23.9 Å². The van der Waals surface area contributed by atoms with Crippen molar-refractivity contribution in [1.82, 2.24) is 20.5 Å². The lowest BCUT2D eigenvalue weighted by Gasteiger charge is -2.39. The number of ether oxygens (including phenoxy) is 4. The number of methoxy groups -OCH3 is 1. The number of esters is 1. The highest BCUT2D eigenvalue weighted by Crippen LogP contribution is 2.50. The summed E-state index contributed by atoms with van der Waals surface area (Å²) < 4.78 is 23.7. The van der Waals surface area contributed by atoms with Gasteiger partial charge in [-0.2, -0.15) is 0 Å². The molecule has 6 rings (SSSR count). The zero-order valence-electron chi connectivity index (χ0n) is 33.2. The highest BCUT2D eigenvalue weighted by Gasteiger charge is 2.63. The van der Waals surface area contributed by atoms with Gasteiger partial charge in [0.2, 0.25) is 11.8 Å². The standard InChI is InChI=1S/C43H58N4O8/c1-8-11-12-13-14-18-33(45-40(51)55-41(4,5)6)38(49)47-26-42(25-34(47)37(48)46-43(24-28(43)9-2)39(50)53-10-3)22-21-30-31-23-29(52-7)19-20-32(31)44-35(36(30)54-42)27-16-15-17-27/h8-9,19-20,23,27-28,33-34H,1-2,10-18,21-22,24-26H2,3-7H3,(H,45,51)(H,46,48)/t28?,33?,34-,42+,43+/m0/s1. The van der Waals surface area contributed by atoms with Crippen LogP contribution in [0.3, 0.4) is 0 Å². The predicted molar refractivity (Wildman–Crippen MR) is 209 cm³/mol. The molecule has 2 N–H and O–H groups in total. The molecule has 1 aromatic heterocycles. The van der Waals surface area contributed by atoms with Crippen LogP contribution < -0.4 is 20.1 Å². The Morgan fingerprint density at radius 2 is 1.91 bits per heavy atom. The molecule has 3 heterocycles. The molecule has 1 aromatic carbocycles. The Morgan fingerprint density at radius 3 is 2.55 bits per heavy atom. The van der Waals surface area contributed by atoms with Crippen LogP contribution in [0, 0.1) is 5.92 Å². The number of aromatic nitrogens is 1. The van der Waals surface area contributed by atoms with E-state index in [-0.39, 0.29) is 31.4 Å². The lowest BCUT2D eigenvalue weighted by atomic mass is 9.79. The van der Waals surface area contributed by atoms with Crippen molar-refractivity contribution >= 4 is 34.8 Å². The fraction of sp³-hybridized carbons (Fsp3) is 0.605. The number of hydrogen-bond acceptors (Lipinski definition) is 9. The second-order valence-corrected chi connectivity index (χ2v) is 16.6. The second kappa shape index (κ2) is 16.2. The van der Waals surface area contributed by atoms with Gasteiger partial charge in [0.25, 0.3) is 0 Å². The lowest BCUT2D eigenvalue weighted by molar-refractivity contribution is -0.150. The minimum absolute atomic E-state index is 0.115. The molecule has 2 aliphatic carbocycles. The molecule has 298 valence electrons. The van der Waals surface area contributed by atoms with Crippen molar-refractivity contribution < 1.29 is 38.1 Å². The van der Waals surface area contributed by atoms with Crippen LogP contribution in [0.2, 0.25) is 0 Å². The van der Waals surface area contributed by atoms with Crippen LogP contribution >= 0.6 is 0 Å². The maximum absolute atomic E-state index is 14.8. The van der Waals surface area contributed by atoms with Crippen molar-refractivity contribution in [3.63, 3.8) is 0 Å². The van der Waals surface area contributed by atoms with Gasteiger partial charge in [-0.15, -0.1) is 13.2 Å². The number of benzene rings is 1. The molecule has 4 aliphatic rings. The Morgan fingerprint density at radius 1 is 1.13 bits per heavy atom. The molecule has 2 unspecified atom stereocenters. The van der Waals surface area contributed by atoms with E-state index in [1.54, 1.807) is 45.8 Å². The van der Waals surface area contributed by atoms with Gasteiger partial charge < -0.3 is 34.5 Å². The summed E-state index contributed by atoms with van der Waals surface area (Å²) in [6.45, 7) is 15.0. The SMILES string of the molecule is C=CCCCCCC(NC(=O)OC(C)(C)C)C(=O)N1C[C@@]2(CCc3c(c(C4CCC4)nc4ccc(OC)cc34)O2)C[C@H]1C(=O)N[C@]1(C(=O)OCC)CC1C=C. The Kier molecular flexibility index (Phi) is 11.8. The molecule has 2 saturated carbocycles. The molecule has 55 heavy (non-hydrogen) atoms. The zero-order chi connectivity index (χ0) is 39.5. The van der Waals surface area contributed by atoms with E-state index in [0.29, 0.717) is 32.1 Å². The Hall–Kier alpha value is -4.61. The molecule has 3 amide bonds. The summed E-state index contributed by atoms with van der Waals surface area (Å²) in [6.07, 6.45) is 11.3. The monoisotopic (exact) mass is 758 g/mol. The van der Waals surface area contributed by atoms with Gasteiger partial charge in [0, 0.05) is 29.2 Å². The molecule has 3 fully saturated rings. The first-order chi connectivity index (χ1) is 26.3.